The van der Waals surface area contributed by atoms with Crippen molar-refractivity contribution in [3.8, 4) is 21.9 Å². The van der Waals surface area contributed by atoms with E-state index in [1.807, 2.05) is 90.2 Å². The SMILES string of the molecule is CC(Oc1c(-c2ccc(F)cc2)sc2cc(OCc3ccccc3)ccc12)[C@H](C)OCCN(C)CCOCCOCC(=O)OC(C)(C)C. The fourth-order valence-electron chi connectivity index (χ4n) is 4.68. The van der Waals surface area contributed by atoms with Gasteiger partial charge in [0.15, 0.2) is 0 Å². The van der Waals surface area contributed by atoms with Crippen molar-refractivity contribution < 1.29 is 37.6 Å². The molecule has 8 nitrogen and oxygen atoms in total. The average molecular weight is 682 g/mol. The van der Waals surface area contributed by atoms with Gasteiger partial charge in [-0.25, -0.2) is 9.18 Å². The lowest BCUT2D eigenvalue weighted by molar-refractivity contribution is -0.160. The summed E-state index contributed by atoms with van der Waals surface area (Å²) in [6.45, 7) is 13.1. The van der Waals surface area contributed by atoms with Crippen LogP contribution in [0.25, 0.3) is 20.5 Å². The second-order valence-electron chi connectivity index (χ2n) is 12.7. The fraction of sp³-hybridized carbons (Fsp3) is 0.447. The number of halogens is 1. The van der Waals surface area contributed by atoms with Gasteiger partial charge in [0.2, 0.25) is 0 Å². The molecule has 1 unspecified atom stereocenters. The molecular formula is C38H48FNO7S. The maximum absolute atomic E-state index is 13.8. The largest absolute Gasteiger partial charge is 0.489 e. The molecule has 4 aromatic rings. The molecule has 2 atom stereocenters. The minimum Gasteiger partial charge on any atom is -0.489 e. The number of hydrogen-bond donors (Lipinski definition) is 0. The summed E-state index contributed by atoms with van der Waals surface area (Å²) in [6, 6.07) is 22.6. The van der Waals surface area contributed by atoms with Crippen molar-refractivity contribution in [3.63, 3.8) is 0 Å². The lowest BCUT2D eigenvalue weighted by Crippen LogP contribution is -2.33. The number of esters is 1. The average Bonchev–Trinajstić information content (AvgIpc) is 3.40. The van der Waals surface area contributed by atoms with Crippen molar-refractivity contribution in [3.05, 3.63) is 84.2 Å². The van der Waals surface area contributed by atoms with E-state index in [-0.39, 0.29) is 30.6 Å². The van der Waals surface area contributed by atoms with E-state index in [9.17, 15) is 9.18 Å². The number of rotatable bonds is 19. The predicted octanol–water partition coefficient (Wildman–Crippen LogP) is 7.77. The molecule has 0 aliphatic rings. The molecule has 0 amide bonds. The first-order chi connectivity index (χ1) is 23.0. The van der Waals surface area contributed by atoms with Crippen LogP contribution in [0.2, 0.25) is 0 Å². The monoisotopic (exact) mass is 681 g/mol. The molecular weight excluding hydrogens is 633 g/mol. The third kappa shape index (κ3) is 12.2. The Kier molecular flexibility index (Phi) is 14.2. The van der Waals surface area contributed by atoms with E-state index in [0.717, 1.165) is 50.7 Å². The maximum Gasteiger partial charge on any atom is 0.332 e. The molecule has 0 saturated carbocycles. The van der Waals surface area contributed by atoms with Crippen LogP contribution in [0.4, 0.5) is 4.39 Å². The molecule has 0 fully saturated rings. The Labute approximate surface area is 287 Å². The number of thiophene rings is 1. The molecule has 0 bridgehead atoms. The number of nitrogens with zero attached hydrogens (tertiary/aromatic N) is 1. The summed E-state index contributed by atoms with van der Waals surface area (Å²) in [5.41, 5.74) is 1.46. The Balaban J connectivity index is 1.25. The van der Waals surface area contributed by atoms with Crippen LogP contribution >= 0.6 is 11.3 Å². The van der Waals surface area contributed by atoms with Gasteiger partial charge in [-0.05, 0) is 83.1 Å². The van der Waals surface area contributed by atoms with Gasteiger partial charge in [0.1, 0.15) is 42.2 Å². The van der Waals surface area contributed by atoms with E-state index >= 15 is 0 Å². The lowest BCUT2D eigenvalue weighted by atomic mass is 10.1. The van der Waals surface area contributed by atoms with E-state index in [1.54, 1.807) is 23.5 Å². The van der Waals surface area contributed by atoms with Crippen LogP contribution in [-0.2, 0) is 30.3 Å². The molecule has 0 aliphatic heterocycles. The Morgan fingerprint density at radius 1 is 0.875 bits per heavy atom. The van der Waals surface area contributed by atoms with Gasteiger partial charge < -0.3 is 33.3 Å². The minimum absolute atomic E-state index is 0.0839. The Morgan fingerprint density at radius 3 is 2.31 bits per heavy atom. The lowest BCUT2D eigenvalue weighted by Gasteiger charge is -2.24. The molecule has 0 saturated heterocycles. The number of likely N-dealkylation sites (N-methyl/N-ethyl adjacent to an activating group) is 1. The molecule has 260 valence electrons. The van der Waals surface area contributed by atoms with Crippen molar-refractivity contribution in [2.24, 2.45) is 0 Å². The molecule has 0 N–H and O–H groups in total. The number of hydrogen-bond acceptors (Lipinski definition) is 9. The molecule has 48 heavy (non-hydrogen) atoms. The number of fused-ring (bicyclic) bond motifs is 1. The zero-order chi connectivity index (χ0) is 34.5. The summed E-state index contributed by atoms with van der Waals surface area (Å²) in [7, 11) is 2.01. The summed E-state index contributed by atoms with van der Waals surface area (Å²) in [5.74, 6) is 0.862. The molecule has 0 aliphatic carbocycles. The van der Waals surface area contributed by atoms with Crippen molar-refractivity contribution >= 4 is 27.4 Å². The van der Waals surface area contributed by atoms with Crippen LogP contribution in [0.1, 0.15) is 40.2 Å². The van der Waals surface area contributed by atoms with Crippen molar-refractivity contribution in [1.29, 1.82) is 0 Å². The maximum atomic E-state index is 13.8. The summed E-state index contributed by atoms with van der Waals surface area (Å²) in [6.07, 6.45) is -0.424. The van der Waals surface area contributed by atoms with E-state index < -0.39 is 5.60 Å². The predicted molar refractivity (Wildman–Crippen MR) is 188 cm³/mol. The smallest absolute Gasteiger partial charge is 0.332 e. The van der Waals surface area contributed by atoms with Gasteiger partial charge in [0.05, 0.1) is 37.4 Å². The van der Waals surface area contributed by atoms with Gasteiger partial charge in [0, 0.05) is 23.2 Å². The second kappa shape index (κ2) is 18.3. The van der Waals surface area contributed by atoms with Crippen LogP contribution in [0.15, 0.2) is 72.8 Å². The van der Waals surface area contributed by atoms with Gasteiger partial charge in [-0.3, -0.25) is 0 Å². The molecule has 3 aromatic carbocycles. The minimum atomic E-state index is -0.522. The zero-order valence-corrected chi connectivity index (χ0v) is 29.6. The van der Waals surface area contributed by atoms with Gasteiger partial charge in [-0.15, -0.1) is 11.3 Å². The van der Waals surface area contributed by atoms with E-state index in [0.29, 0.717) is 33.0 Å². The van der Waals surface area contributed by atoms with Crippen molar-refractivity contribution in [2.45, 2.75) is 59.0 Å². The highest BCUT2D eigenvalue weighted by Gasteiger charge is 2.22. The van der Waals surface area contributed by atoms with Gasteiger partial charge in [-0.2, -0.15) is 0 Å². The number of carbonyl (C=O) groups excluding carboxylic acids is 1. The van der Waals surface area contributed by atoms with Gasteiger partial charge in [0.25, 0.3) is 0 Å². The van der Waals surface area contributed by atoms with Gasteiger partial charge in [-0.1, -0.05) is 42.5 Å². The van der Waals surface area contributed by atoms with E-state index in [1.165, 1.54) is 12.1 Å². The van der Waals surface area contributed by atoms with Crippen molar-refractivity contribution in [2.75, 3.05) is 53.2 Å². The normalized spacial score (nSPS) is 13.1. The number of benzene rings is 3. The zero-order valence-electron chi connectivity index (χ0n) is 28.8. The summed E-state index contributed by atoms with van der Waals surface area (Å²) in [5, 5.41) is 0.973. The fourth-order valence-corrected chi connectivity index (χ4v) is 5.85. The topological polar surface area (TPSA) is 75.7 Å². The van der Waals surface area contributed by atoms with E-state index in [4.69, 9.17) is 28.4 Å². The van der Waals surface area contributed by atoms with Gasteiger partial charge >= 0.3 is 5.97 Å². The molecule has 0 spiro atoms. The first-order valence-corrected chi connectivity index (χ1v) is 17.1. The van der Waals surface area contributed by atoms with Crippen LogP contribution < -0.4 is 9.47 Å². The Morgan fingerprint density at radius 2 is 1.58 bits per heavy atom. The molecule has 1 heterocycles. The molecule has 10 heteroatoms. The quantitative estimate of drug-likeness (QED) is 0.0735. The third-order valence-electron chi connectivity index (χ3n) is 7.42. The summed E-state index contributed by atoms with van der Waals surface area (Å²) in [4.78, 5) is 14.7. The van der Waals surface area contributed by atoms with Crippen LogP contribution in [0.5, 0.6) is 11.5 Å². The second-order valence-corrected chi connectivity index (χ2v) is 13.7. The third-order valence-corrected chi connectivity index (χ3v) is 8.60. The molecule has 4 rings (SSSR count). The van der Waals surface area contributed by atoms with E-state index in [2.05, 4.69) is 4.90 Å². The summed E-state index contributed by atoms with van der Waals surface area (Å²) < 4.78 is 49.8. The van der Waals surface area contributed by atoms with Crippen molar-refractivity contribution in [1.82, 2.24) is 4.90 Å². The standard InChI is InChI=1S/C38H48FNO7S/c1-27(44-21-19-40(6)18-20-42-22-23-43-26-35(41)47-38(3,4)5)28(2)46-36-33-17-16-32(45-25-29-10-8-7-9-11-29)24-34(33)48-37(36)30-12-14-31(39)15-13-30/h7-17,24,27-28H,18-23,25-26H2,1-6H3/t27-,28?/m0/s1. The first-order valence-electron chi connectivity index (χ1n) is 16.3. The first kappa shape index (κ1) is 37.3. The number of carbonyl (C=O) groups is 1. The summed E-state index contributed by atoms with van der Waals surface area (Å²) >= 11 is 1.60. The Bertz CT molecular complexity index is 1560. The molecule has 1 aromatic heterocycles. The highest BCUT2D eigenvalue weighted by Crippen LogP contribution is 2.46. The van der Waals surface area contributed by atoms with Crippen LogP contribution in [-0.4, -0.2) is 81.8 Å². The number of ether oxygens (including phenoxy) is 6. The molecule has 0 radical (unpaired) electrons. The highest BCUT2D eigenvalue weighted by atomic mass is 32.1. The highest BCUT2D eigenvalue weighted by molar-refractivity contribution is 7.22. The van der Waals surface area contributed by atoms with Crippen LogP contribution in [0, 0.1) is 5.82 Å². The Hall–Kier alpha value is -3.54. The van der Waals surface area contributed by atoms with Crippen LogP contribution in [0.3, 0.4) is 0 Å².